The first-order valence-corrected chi connectivity index (χ1v) is 7.36. The van der Waals surface area contributed by atoms with Gasteiger partial charge in [-0.2, -0.15) is 0 Å². The second-order valence-corrected chi connectivity index (χ2v) is 5.89. The number of para-hydroxylation sites is 1. The van der Waals surface area contributed by atoms with Gasteiger partial charge in [0.15, 0.2) is 0 Å². The van der Waals surface area contributed by atoms with Crippen LogP contribution < -0.4 is 4.74 Å². The highest BCUT2D eigenvalue weighted by Gasteiger charge is 2.15. The fraction of sp³-hybridized carbons (Fsp3) is 0.389. The Morgan fingerprint density at radius 2 is 1.76 bits per heavy atom. The second kappa shape index (κ2) is 7.23. The molecule has 2 rings (SSSR count). The molecule has 21 heavy (non-hydrogen) atoms. The number of ether oxygens (including phenoxy) is 2. The lowest BCUT2D eigenvalue weighted by atomic mass is 9.92. The third kappa shape index (κ3) is 5.20. The van der Waals surface area contributed by atoms with Crippen molar-refractivity contribution in [2.45, 2.75) is 33.8 Å². The van der Waals surface area contributed by atoms with Crippen molar-refractivity contribution in [3.05, 3.63) is 54.2 Å². The molecule has 112 valence electrons. The molecule has 3 heteroatoms. The molecule has 0 N–H and O–H groups in total. The Bertz CT molecular complexity index is 552. The minimum Gasteiger partial charge on any atom is -0.439 e. The summed E-state index contributed by atoms with van der Waals surface area (Å²) >= 11 is 0. The van der Waals surface area contributed by atoms with Crippen LogP contribution in [0.5, 0.6) is 11.6 Å². The van der Waals surface area contributed by atoms with E-state index in [2.05, 4.69) is 25.8 Å². The number of benzene rings is 1. The van der Waals surface area contributed by atoms with Crippen molar-refractivity contribution < 1.29 is 9.47 Å². The van der Waals surface area contributed by atoms with Crippen molar-refractivity contribution in [1.82, 2.24) is 4.98 Å². The lowest BCUT2D eigenvalue weighted by Gasteiger charge is -2.22. The SMILES string of the molecule is CCC(C)(C)COCc1cccc(Oc2ccccc2)n1. The lowest BCUT2D eigenvalue weighted by molar-refractivity contribution is 0.0477. The zero-order valence-corrected chi connectivity index (χ0v) is 13.0. The molecule has 0 bridgehead atoms. The van der Waals surface area contributed by atoms with Crippen LogP contribution in [-0.4, -0.2) is 11.6 Å². The van der Waals surface area contributed by atoms with Gasteiger partial charge in [0.1, 0.15) is 5.75 Å². The van der Waals surface area contributed by atoms with Crippen molar-refractivity contribution in [2.75, 3.05) is 6.61 Å². The van der Waals surface area contributed by atoms with Crippen LogP contribution in [0.3, 0.4) is 0 Å². The number of rotatable bonds is 7. The molecule has 0 radical (unpaired) electrons. The summed E-state index contributed by atoms with van der Waals surface area (Å²) in [6, 6.07) is 15.4. The number of hydrogen-bond donors (Lipinski definition) is 0. The van der Waals surface area contributed by atoms with Crippen LogP contribution >= 0.6 is 0 Å². The number of aromatic nitrogens is 1. The maximum absolute atomic E-state index is 5.76. The van der Waals surface area contributed by atoms with Crippen molar-refractivity contribution in [3.63, 3.8) is 0 Å². The van der Waals surface area contributed by atoms with Gasteiger partial charge < -0.3 is 9.47 Å². The largest absolute Gasteiger partial charge is 0.439 e. The minimum absolute atomic E-state index is 0.206. The van der Waals surface area contributed by atoms with Gasteiger partial charge in [-0.3, -0.25) is 0 Å². The van der Waals surface area contributed by atoms with E-state index in [1.807, 2.05) is 48.5 Å². The summed E-state index contributed by atoms with van der Waals surface area (Å²) in [5.41, 5.74) is 1.09. The smallest absolute Gasteiger partial charge is 0.219 e. The van der Waals surface area contributed by atoms with Gasteiger partial charge in [-0.05, 0) is 30.0 Å². The summed E-state index contributed by atoms with van der Waals surface area (Å²) in [6.45, 7) is 7.82. The summed E-state index contributed by atoms with van der Waals surface area (Å²) in [4.78, 5) is 4.47. The molecular formula is C18H23NO2. The quantitative estimate of drug-likeness (QED) is 0.730. The van der Waals surface area contributed by atoms with E-state index < -0.39 is 0 Å². The van der Waals surface area contributed by atoms with Crippen LogP contribution in [-0.2, 0) is 11.3 Å². The van der Waals surface area contributed by atoms with Crippen LogP contribution in [0.1, 0.15) is 32.9 Å². The third-order valence-corrected chi connectivity index (χ3v) is 3.45. The first-order chi connectivity index (χ1) is 10.1. The van der Waals surface area contributed by atoms with Crippen LogP contribution in [0.25, 0.3) is 0 Å². The molecule has 0 aliphatic carbocycles. The molecule has 0 saturated heterocycles. The van der Waals surface area contributed by atoms with Crippen molar-refractivity contribution >= 4 is 0 Å². The molecule has 2 aromatic rings. The lowest BCUT2D eigenvalue weighted by Crippen LogP contribution is -2.18. The zero-order chi connectivity index (χ0) is 15.1. The molecule has 0 aliphatic heterocycles. The van der Waals surface area contributed by atoms with E-state index in [4.69, 9.17) is 9.47 Å². The van der Waals surface area contributed by atoms with Gasteiger partial charge in [-0.1, -0.05) is 45.0 Å². The Morgan fingerprint density at radius 3 is 2.48 bits per heavy atom. The molecule has 0 saturated carbocycles. The summed E-state index contributed by atoms with van der Waals surface area (Å²) in [5.74, 6) is 1.38. The Labute approximate surface area is 126 Å². The van der Waals surface area contributed by atoms with Gasteiger partial charge in [0.25, 0.3) is 0 Å². The van der Waals surface area contributed by atoms with Gasteiger partial charge in [0, 0.05) is 6.07 Å². The van der Waals surface area contributed by atoms with Gasteiger partial charge in [0.2, 0.25) is 5.88 Å². The van der Waals surface area contributed by atoms with Crippen molar-refractivity contribution in [1.29, 1.82) is 0 Å². The maximum Gasteiger partial charge on any atom is 0.219 e. The maximum atomic E-state index is 5.76. The highest BCUT2D eigenvalue weighted by Crippen LogP contribution is 2.21. The van der Waals surface area contributed by atoms with Crippen molar-refractivity contribution in [3.8, 4) is 11.6 Å². The van der Waals surface area contributed by atoms with E-state index in [0.29, 0.717) is 12.5 Å². The van der Waals surface area contributed by atoms with Crippen LogP contribution in [0.4, 0.5) is 0 Å². The zero-order valence-electron chi connectivity index (χ0n) is 13.0. The van der Waals surface area contributed by atoms with Crippen molar-refractivity contribution in [2.24, 2.45) is 5.41 Å². The molecule has 1 aromatic carbocycles. The summed E-state index contributed by atoms with van der Waals surface area (Å²) in [5, 5.41) is 0. The number of hydrogen-bond acceptors (Lipinski definition) is 3. The van der Waals surface area contributed by atoms with Crippen LogP contribution in [0, 0.1) is 5.41 Å². The van der Waals surface area contributed by atoms with Crippen LogP contribution in [0.15, 0.2) is 48.5 Å². The average Bonchev–Trinajstić information content (AvgIpc) is 2.48. The molecule has 0 unspecified atom stereocenters. The Hall–Kier alpha value is -1.87. The molecular weight excluding hydrogens is 262 g/mol. The fourth-order valence-electron chi connectivity index (χ4n) is 1.74. The first-order valence-electron chi connectivity index (χ1n) is 7.36. The molecule has 0 aliphatic rings. The van der Waals surface area contributed by atoms with E-state index in [1.54, 1.807) is 0 Å². The van der Waals surface area contributed by atoms with E-state index in [0.717, 1.165) is 24.5 Å². The molecule has 1 heterocycles. The predicted molar refractivity (Wildman–Crippen MR) is 84.5 cm³/mol. The van der Waals surface area contributed by atoms with E-state index >= 15 is 0 Å². The monoisotopic (exact) mass is 285 g/mol. The highest BCUT2D eigenvalue weighted by molar-refractivity contribution is 5.27. The van der Waals surface area contributed by atoms with E-state index in [9.17, 15) is 0 Å². The summed E-state index contributed by atoms with van der Waals surface area (Å²) in [7, 11) is 0. The molecule has 0 amide bonds. The highest BCUT2D eigenvalue weighted by atomic mass is 16.5. The second-order valence-electron chi connectivity index (χ2n) is 5.89. The fourth-order valence-corrected chi connectivity index (χ4v) is 1.74. The third-order valence-electron chi connectivity index (χ3n) is 3.45. The average molecular weight is 285 g/mol. The standard InChI is InChI=1S/C18H23NO2/c1-4-18(2,3)14-20-13-15-9-8-12-17(19-15)21-16-10-6-5-7-11-16/h5-12H,4,13-14H2,1-3H3. The molecule has 0 atom stereocenters. The Morgan fingerprint density at radius 1 is 1.00 bits per heavy atom. The summed E-state index contributed by atoms with van der Waals surface area (Å²) < 4.78 is 11.5. The number of nitrogens with zero attached hydrogens (tertiary/aromatic N) is 1. The van der Waals surface area contributed by atoms with E-state index in [1.165, 1.54) is 0 Å². The van der Waals surface area contributed by atoms with Crippen LogP contribution in [0.2, 0.25) is 0 Å². The molecule has 1 aromatic heterocycles. The molecule has 3 nitrogen and oxygen atoms in total. The number of pyridine rings is 1. The van der Waals surface area contributed by atoms with Gasteiger partial charge >= 0.3 is 0 Å². The summed E-state index contributed by atoms with van der Waals surface area (Å²) in [6.07, 6.45) is 1.09. The molecule has 0 fully saturated rings. The minimum atomic E-state index is 0.206. The topological polar surface area (TPSA) is 31.4 Å². The Kier molecular flexibility index (Phi) is 5.34. The van der Waals surface area contributed by atoms with Gasteiger partial charge in [-0.15, -0.1) is 0 Å². The predicted octanol–water partition coefficient (Wildman–Crippen LogP) is 4.83. The Balaban J connectivity index is 1.92. The molecule has 0 spiro atoms. The first kappa shape index (κ1) is 15.5. The van der Waals surface area contributed by atoms with Gasteiger partial charge in [-0.25, -0.2) is 4.98 Å². The van der Waals surface area contributed by atoms with Gasteiger partial charge in [0.05, 0.1) is 18.9 Å². The normalized spacial score (nSPS) is 11.4. The van der Waals surface area contributed by atoms with E-state index in [-0.39, 0.29) is 5.41 Å².